The first-order chi connectivity index (χ1) is 10.5. The summed E-state index contributed by atoms with van der Waals surface area (Å²) in [5, 5.41) is 1.79. The van der Waals surface area contributed by atoms with Crippen LogP contribution in [-0.2, 0) is 4.79 Å². The molecule has 1 unspecified atom stereocenters. The van der Waals surface area contributed by atoms with Crippen molar-refractivity contribution in [1.29, 1.82) is 0 Å². The molecule has 5 nitrogen and oxygen atoms in total. The predicted molar refractivity (Wildman–Crippen MR) is 85.9 cm³/mol. The van der Waals surface area contributed by atoms with Crippen molar-refractivity contribution in [2.75, 3.05) is 0 Å². The Bertz CT molecular complexity index is 668. The normalized spacial score (nSPS) is 11.6. The highest BCUT2D eigenvalue weighted by Gasteiger charge is 2.17. The SMILES string of the molecule is Cc1cccc(OC(C)C(=O)NNC(=O)c2cccs2)c1C. The second-order valence-corrected chi connectivity index (χ2v) is 5.83. The van der Waals surface area contributed by atoms with Crippen LogP contribution >= 0.6 is 11.3 Å². The molecule has 0 aliphatic carbocycles. The minimum Gasteiger partial charge on any atom is -0.481 e. The molecule has 2 rings (SSSR count). The molecule has 0 fully saturated rings. The molecule has 0 saturated carbocycles. The maximum atomic E-state index is 12.0. The Morgan fingerprint density at radius 2 is 1.91 bits per heavy atom. The summed E-state index contributed by atoms with van der Waals surface area (Å²) in [6.07, 6.45) is -0.718. The number of hydrazine groups is 1. The molecule has 1 aromatic carbocycles. The maximum Gasteiger partial charge on any atom is 0.279 e. The Morgan fingerprint density at radius 3 is 2.59 bits per heavy atom. The van der Waals surface area contributed by atoms with Crippen LogP contribution in [0, 0.1) is 13.8 Å². The quantitative estimate of drug-likeness (QED) is 0.852. The average molecular weight is 318 g/mol. The number of hydrogen-bond donors (Lipinski definition) is 2. The number of nitrogens with one attached hydrogen (secondary N) is 2. The first kappa shape index (κ1) is 16.0. The third kappa shape index (κ3) is 3.85. The van der Waals surface area contributed by atoms with Crippen LogP contribution in [0.1, 0.15) is 27.7 Å². The Kier molecular flexibility index (Phi) is 5.16. The largest absolute Gasteiger partial charge is 0.481 e. The fourth-order valence-electron chi connectivity index (χ4n) is 1.79. The molecule has 0 aliphatic rings. The number of carbonyl (C=O) groups is 2. The molecule has 1 aromatic heterocycles. The van der Waals surface area contributed by atoms with E-state index in [-0.39, 0.29) is 5.91 Å². The summed E-state index contributed by atoms with van der Waals surface area (Å²) in [5.74, 6) is -0.0969. The average Bonchev–Trinajstić information content (AvgIpc) is 3.03. The van der Waals surface area contributed by atoms with Crippen LogP contribution in [-0.4, -0.2) is 17.9 Å². The van der Waals surface area contributed by atoms with Crippen LogP contribution in [0.25, 0.3) is 0 Å². The van der Waals surface area contributed by atoms with Crippen LogP contribution in [0.2, 0.25) is 0 Å². The summed E-state index contributed by atoms with van der Waals surface area (Å²) in [7, 11) is 0. The molecule has 2 amide bonds. The molecule has 2 aromatic rings. The number of aryl methyl sites for hydroxylation is 1. The summed E-state index contributed by atoms with van der Waals surface area (Å²) >= 11 is 1.30. The molecule has 0 spiro atoms. The maximum absolute atomic E-state index is 12.0. The van der Waals surface area contributed by atoms with Gasteiger partial charge in [0.1, 0.15) is 5.75 Å². The highest BCUT2D eigenvalue weighted by molar-refractivity contribution is 7.12. The number of thiophene rings is 1. The molecule has 1 heterocycles. The van der Waals surface area contributed by atoms with Crippen LogP contribution in [0.5, 0.6) is 5.75 Å². The van der Waals surface area contributed by atoms with E-state index < -0.39 is 12.0 Å². The van der Waals surface area contributed by atoms with Gasteiger partial charge in [-0.2, -0.15) is 0 Å². The predicted octanol–water partition coefficient (Wildman–Crippen LogP) is 2.59. The number of hydrogen-bond acceptors (Lipinski definition) is 4. The third-order valence-electron chi connectivity index (χ3n) is 3.27. The van der Waals surface area contributed by atoms with E-state index in [2.05, 4.69) is 10.9 Å². The van der Waals surface area contributed by atoms with Crippen LogP contribution in [0.3, 0.4) is 0 Å². The van der Waals surface area contributed by atoms with Crippen LogP contribution < -0.4 is 15.6 Å². The first-order valence-electron chi connectivity index (χ1n) is 6.85. The van der Waals surface area contributed by atoms with E-state index in [9.17, 15) is 9.59 Å². The van der Waals surface area contributed by atoms with Gasteiger partial charge < -0.3 is 4.74 Å². The summed E-state index contributed by atoms with van der Waals surface area (Å²) in [6, 6.07) is 9.13. The number of benzene rings is 1. The molecule has 2 N–H and O–H groups in total. The fourth-order valence-corrected chi connectivity index (χ4v) is 2.40. The number of amides is 2. The number of rotatable bonds is 4. The van der Waals surface area contributed by atoms with Crippen LogP contribution in [0.4, 0.5) is 0 Å². The second kappa shape index (κ2) is 7.09. The lowest BCUT2D eigenvalue weighted by Gasteiger charge is -2.17. The van der Waals surface area contributed by atoms with Gasteiger partial charge in [-0.05, 0) is 49.4 Å². The number of ether oxygens (including phenoxy) is 1. The van der Waals surface area contributed by atoms with Crippen molar-refractivity contribution in [3.63, 3.8) is 0 Å². The molecule has 116 valence electrons. The minimum atomic E-state index is -0.718. The topological polar surface area (TPSA) is 67.4 Å². The zero-order valence-electron chi connectivity index (χ0n) is 12.7. The Balaban J connectivity index is 1.89. The van der Waals surface area contributed by atoms with Gasteiger partial charge in [-0.15, -0.1) is 11.3 Å². The lowest BCUT2D eigenvalue weighted by atomic mass is 10.1. The van der Waals surface area contributed by atoms with E-state index in [1.54, 1.807) is 24.4 Å². The van der Waals surface area contributed by atoms with Crippen molar-refractivity contribution < 1.29 is 14.3 Å². The summed E-state index contributed by atoms with van der Waals surface area (Å²) in [5.41, 5.74) is 6.82. The van der Waals surface area contributed by atoms with E-state index in [0.717, 1.165) is 11.1 Å². The summed E-state index contributed by atoms with van der Waals surface area (Å²) in [6.45, 7) is 5.55. The fraction of sp³-hybridized carbons (Fsp3) is 0.250. The molecule has 6 heteroatoms. The van der Waals surface area contributed by atoms with Gasteiger partial charge in [0.05, 0.1) is 4.88 Å². The Morgan fingerprint density at radius 1 is 1.14 bits per heavy atom. The van der Waals surface area contributed by atoms with E-state index >= 15 is 0 Å². The van der Waals surface area contributed by atoms with Crippen molar-refractivity contribution in [3.05, 3.63) is 51.7 Å². The number of carbonyl (C=O) groups excluding carboxylic acids is 2. The van der Waals surface area contributed by atoms with Crippen molar-refractivity contribution in [1.82, 2.24) is 10.9 Å². The zero-order valence-corrected chi connectivity index (χ0v) is 13.5. The lowest BCUT2D eigenvalue weighted by Crippen LogP contribution is -2.47. The van der Waals surface area contributed by atoms with Crippen molar-refractivity contribution in [3.8, 4) is 5.75 Å². The van der Waals surface area contributed by atoms with E-state index in [0.29, 0.717) is 10.6 Å². The summed E-state index contributed by atoms with van der Waals surface area (Å²) < 4.78 is 5.65. The Hall–Kier alpha value is -2.34. The zero-order chi connectivity index (χ0) is 16.1. The highest BCUT2D eigenvalue weighted by Crippen LogP contribution is 2.21. The molecule has 0 aliphatic heterocycles. The minimum absolute atomic E-state index is 0.345. The van der Waals surface area contributed by atoms with Gasteiger partial charge in [0.25, 0.3) is 11.8 Å². The smallest absolute Gasteiger partial charge is 0.279 e. The van der Waals surface area contributed by atoms with Crippen molar-refractivity contribution in [2.45, 2.75) is 26.9 Å². The Labute approximate surface area is 133 Å². The summed E-state index contributed by atoms with van der Waals surface area (Å²) in [4.78, 5) is 24.2. The first-order valence-corrected chi connectivity index (χ1v) is 7.73. The van der Waals surface area contributed by atoms with Gasteiger partial charge in [0, 0.05) is 0 Å². The molecule has 22 heavy (non-hydrogen) atoms. The molecule has 0 radical (unpaired) electrons. The molecule has 1 atom stereocenters. The second-order valence-electron chi connectivity index (χ2n) is 4.88. The van der Waals surface area contributed by atoms with Crippen LogP contribution in [0.15, 0.2) is 35.7 Å². The standard InChI is InChI=1S/C16H18N2O3S/c1-10-6-4-7-13(11(10)2)21-12(3)15(19)17-18-16(20)14-8-5-9-22-14/h4-9,12H,1-3H3,(H,17,19)(H,18,20). The van der Waals surface area contributed by atoms with Crippen molar-refractivity contribution >= 4 is 23.2 Å². The monoisotopic (exact) mass is 318 g/mol. The lowest BCUT2D eigenvalue weighted by molar-refractivity contribution is -0.128. The van der Waals surface area contributed by atoms with E-state index in [1.165, 1.54) is 11.3 Å². The molecular weight excluding hydrogens is 300 g/mol. The van der Waals surface area contributed by atoms with Gasteiger partial charge in [-0.25, -0.2) is 0 Å². The molecular formula is C16H18N2O3S. The van der Waals surface area contributed by atoms with Gasteiger partial charge in [0.15, 0.2) is 6.10 Å². The van der Waals surface area contributed by atoms with Crippen molar-refractivity contribution in [2.24, 2.45) is 0 Å². The van der Waals surface area contributed by atoms with Gasteiger partial charge >= 0.3 is 0 Å². The van der Waals surface area contributed by atoms with Gasteiger partial charge in [-0.3, -0.25) is 20.4 Å². The highest BCUT2D eigenvalue weighted by atomic mass is 32.1. The van der Waals surface area contributed by atoms with E-state index in [4.69, 9.17) is 4.74 Å². The third-order valence-corrected chi connectivity index (χ3v) is 4.14. The van der Waals surface area contributed by atoms with E-state index in [1.807, 2.05) is 32.0 Å². The molecule has 0 saturated heterocycles. The van der Waals surface area contributed by atoms with Gasteiger partial charge in [-0.1, -0.05) is 18.2 Å². The molecule has 0 bridgehead atoms. The van der Waals surface area contributed by atoms with Gasteiger partial charge in [0.2, 0.25) is 0 Å².